The average Bonchev–Trinajstić information content (AvgIpc) is 2.39. The standard InChI is InChI=1S/C17H26BrNO/c1-11-7-8-16(9-12(11)2)20-17(13(3)19)14-5-4-6-15(18)10-14/h4-6,10-13,16-17H,7-9,19H2,1-3H3. The molecule has 0 saturated heterocycles. The Labute approximate surface area is 131 Å². The molecule has 5 unspecified atom stereocenters. The first-order valence-electron chi connectivity index (χ1n) is 7.64. The number of benzene rings is 1. The van der Waals surface area contributed by atoms with Gasteiger partial charge in [0.25, 0.3) is 0 Å². The summed E-state index contributed by atoms with van der Waals surface area (Å²) in [6.07, 6.45) is 3.89. The van der Waals surface area contributed by atoms with E-state index in [1.54, 1.807) is 0 Å². The Morgan fingerprint density at radius 2 is 2.00 bits per heavy atom. The van der Waals surface area contributed by atoms with Crippen molar-refractivity contribution < 1.29 is 4.74 Å². The Kier molecular flexibility index (Phi) is 5.65. The van der Waals surface area contributed by atoms with E-state index in [-0.39, 0.29) is 12.1 Å². The summed E-state index contributed by atoms with van der Waals surface area (Å²) in [7, 11) is 0. The first kappa shape index (κ1) is 16.0. The lowest BCUT2D eigenvalue weighted by molar-refractivity contribution is -0.0568. The van der Waals surface area contributed by atoms with Gasteiger partial charge < -0.3 is 10.5 Å². The van der Waals surface area contributed by atoms with Crippen molar-refractivity contribution in [2.24, 2.45) is 17.6 Å². The van der Waals surface area contributed by atoms with Gasteiger partial charge in [-0.2, -0.15) is 0 Å². The van der Waals surface area contributed by atoms with Gasteiger partial charge in [-0.1, -0.05) is 41.9 Å². The molecule has 0 radical (unpaired) electrons. The highest BCUT2D eigenvalue weighted by Crippen LogP contribution is 2.34. The molecule has 0 aromatic heterocycles. The molecule has 1 fully saturated rings. The highest BCUT2D eigenvalue weighted by Gasteiger charge is 2.28. The molecule has 0 heterocycles. The van der Waals surface area contributed by atoms with Crippen LogP contribution in [0.5, 0.6) is 0 Å². The topological polar surface area (TPSA) is 35.2 Å². The summed E-state index contributed by atoms with van der Waals surface area (Å²) in [4.78, 5) is 0. The van der Waals surface area contributed by atoms with Crippen molar-refractivity contribution in [1.29, 1.82) is 0 Å². The van der Waals surface area contributed by atoms with E-state index in [1.807, 2.05) is 19.1 Å². The van der Waals surface area contributed by atoms with Gasteiger partial charge in [0.1, 0.15) is 0 Å². The summed E-state index contributed by atoms with van der Waals surface area (Å²) in [6, 6.07) is 8.30. The molecule has 0 aliphatic heterocycles. The van der Waals surface area contributed by atoms with Crippen LogP contribution in [0.25, 0.3) is 0 Å². The molecule has 0 spiro atoms. The van der Waals surface area contributed by atoms with Gasteiger partial charge in [-0.05, 0) is 55.7 Å². The molecular formula is C17H26BrNO. The summed E-state index contributed by atoms with van der Waals surface area (Å²) in [5.74, 6) is 1.56. The number of ether oxygens (including phenoxy) is 1. The van der Waals surface area contributed by atoms with Gasteiger partial charge in [-0.3, -0.25) is 0 Å². The molecule has 5 atom stereocenters. The molecule has 1 saturated carbocycles. The highest BCUT2D eigenvalue weighted by atomic mass is 79.9. The van der Waals surface area contributed by atoms with E-state index in [0.29, 0.717) is 6.10 Å². The molecule has 1 aliphatic carbocycles. The number of hydrogen-bond acceptors (Lipinski definition) is 2. The monoisotopic (exact) mass is 339 g/mol. The molecule has 1 aliphatic rings. The third-order valence-corrected chi connectivity index (χ3v) is 5.04. The lowest BCUT2D eigenvalue weighted by Crippen LogP contribution is -2.34. The van der Waals surface area contributed by atoms with E-state index >= 15 is 0 Å². The summed E-state index contributed by atoms with van der Waals surface area (Å²) in [5.41, 5.74) is 7.32. The van der Waals surface area contributed by atoms with Crippen molar-refractivity contribution in [3.8, 4) is 0 Å². The molecule has 1 aromatic carbocycles. The molecule has 1 aromatic rings. The van der Waals surface area contributed by atoms with E-state index in [1.165, 1.54) is 12.0 Å². The van der Waals surface area contributed by atoms with Crippen molar-refractivity contribution in [3.05, 3.63) is 34.3 Å². The van der Waals surface area contributed by atoms with Crippen LogP contribution >= 0.6 is 15.9 Å². The Hall–Kier alpha value is -0.380. The highest BCUT2D eigenvalue weighted by molar-refractivity contribution is 9.10. The van der Waals surface area contributed by atoms with Gasteiger partial charge in [0.2, 0.25) is 0 Å². The van der Waals surface area contributed by atoms with Gasteiger partial charge in [0, 0.05) is 10.5 Å². The molecule has 0 amide bonds. The van der Waals surface area contributed by atoms with Crippen molar-refractivity contribution in [2.45, 2.75) is 58.3 Å². The maximum absolute atomic E-state index is 6.37. The second-order valence-electron chi connectivity index (χ2n) is 6.36. The fraction of sp³-hybridized carbons (Fsp3) is 0.647. The zero-order valence-corrected chi connectivity index (χ0v) is 14.3. The quantitative estimate of drug-likeness (QED) is 0.864. The predicted octanol–water partition coefficient (Wildman–Crippen LogP) is 4.68. The van der Waals surface area contributed by atoms with Gasteiger partial charge in [0.05, 0.1) is 12.2 Å². The molecule has 112 valence electrons. The van der Waals surface area contributed by atoms with Gasteiger partial charge in [-0.15, -0.1) is 0 Å². The second kappa shape index (κ2) is 7.06. The van der Waals surface area contributed by atoms with E-state index in [9.17, 15) is 0 Å². The van der Waals surface area contributed by atoms with Crippen LogP contribution in [0.15, 0.2) is 28.7 Å². The van der Waals surface area contributed by atoms with Gasteiger partial charge in [-0.25, -0.2) is 0 Å². The fourth-order valence-corrected chi connectivity index (χ4v) is 3.44. The Balaban J connectivity index is 2.07. The van der Waals surface area contributed by atoms with Crippen LogP contribution in [0, 0.1) is 11.8 Å². The summed E-state index contributed by atoms with van der Waals surface area (Å²) in [5, 5.41) is 0. The maximum atomic E-state index is 6.37. The smallest absolute Gasteiger partial charge is 0.0977 e. The number of nitrogens with two attached hydrogens (primary N) is 1. The summed E-state index contributed by atoms with van der Waals surface area (Å²) < 4.78 is 7.45. The predicted molar refractivity (Wildman–Crippen MR) is 87.6 cm³/mol. The largest absolute Gasteiger partial charge is 0.369 e. The summed E-state index contributed by atoms with van der Waals surface area (Å²) in [6.45, 7) is 6.71. The maximum Gasteiger partial charge on any atom is 0.0977 e. The van der Waals surface area contributed by atoms with Crippen molar-refractivity contribution >= 4 is 15.9 Å². The van der Waals surface area contributed by atoms with Gasteiger partial charge in [0.15, 0.2) is 0 Å². The van der Waals surface area contributed by atoms with Crippen LogP contribution in [0.3, 0.4) is 0 Å². The number of rotatable bonds is 4. The fourth-order valence-electron chi connectivity index (χ4n) is 3.02. The van der Waals surface area contributed by atoms with Crippen LogP contribution in [0.4, 0.5) is 0 Å². The van der Waals surface area contributed by atoms with Crippen LogP contribution in [0.1, 0.15) is 51.7 Å². The second-order valence-corrected chi connectivity index (χ2v) is 7.28. The Morgan fingerprint density at radius 3 is 2.60 bits per heavy atom. The minimum atomic E-state index is -0.0156. The van der Waals surface area contributed by atoms with Crippen molar-refractivity contribution in [3.63, 3.8) is 0 Å². The van der Waals surface area contributed by atoms with Gasteiger partial charge >= 0.3 is 0 Å². The lowest BCUT2D eigenvalue weighted by Gasteiger charge is -2.35. The number of hydrogen-bond donors (Lipinski definition) is 1. The number of halogens is 1. The van der Waals surface area contributed by atoms with E-state index in [0.717, 1.165) is 29.2 Å². The molecule has 0 bridgehead atoms. The average molecular weight is 340 g/mol. The molecule has 2 nitrogen and oxygen atoms in total. The van der Waals surface area contributed by atoms with Crippen molar-refractivity contribution in [2.75, 3.05) is 0 Å². The minimum Gasteiger partial charge on any atom is -0.369 e. The third kappa shape index (κ3) is 4.06. The van der Waals surface area contributed by atoms with Crippen LogP contribution < -0.4 is 5.73 Å². The molecule has 2 N–H and O–H groups in total. The molecular weight excluding hydrogens is 314 g/mol. The SMILES string of the molecule is CC(N)C(OC1CCC(C)C(C)C1)c1cccc(Br)c1. The summed E-state index contributed by atoms with van der Waals surface area (Å²) >= 11 is 3.53. The first-order valence-corrected chi connectivity index (χ1v) is 8.43. The zero-order valence-electron chi connectivity index (χ0n) is 12.7. The Morgan fingerprint density at radius 1 is 1.25 bits per heavy atom. The van der Waals surface area contributed by atoms with E-state index in [2.05, 4.69) is 41.9 Å². The van der Waals surface area contributed by atoms with Crippen LogP contribution in [-0.4, -0.2) is 12.1 Å². The zero-order chi connectivity index (χ0) is 14.7. The molecule has 20 heavy (non-hydrogen) atoms. The Bertz CT molecular complexity index is 435. The van der Waals surface area contributed by atoms with E-state index < -0.39 is 0 Å². The van der Waals surface area contributed by atoms with E-state index in [4.69, 9.17) is 10.5 Å². The van der Waals surface area contributed by atoms with Crippen LogP contribution in [0.2, 0.25) is 0 Å². The van der Waals surface area contributed by atoms with Crippen LogP contribution in [-0.2, 0) is 4.74 Å². The molecule has 3 heteroatoms. The molecule has 2 rings (SSSR count). The normalized spacial score (nSPS) is 29.9. The third-order valence-electron chi connectivity index (χ3n) is 4.54. The first-order chi connectivity index (χ1) is 9.47. The lowest BCUT2D eigenvalue weighted by atomic mass is 9.80. The van der Waals surface area contributed by atoms with Crippen molar-refractivity contribution in [1.82, 2.24) is 0 Å². The minimum absolute atomic E-state index is 0.000967.